The van der Waals surface area contributed by atoms with Gasteiger partial charge in [0.05, 0.1) is 19.8 Å². The average molecular weight is 249 g/mol. The lowest BCUT2D eigenvalue weighted by Gasteiger charge is -2.10. The molecule has 1 N–H and O–H groups in total. The highest BCUT2D eigenvalue weighted by molar-refractivity contribution is 5.13. The second-order valence-electron chi connectivity index (χ2n) is 4.73. The summed E-state index contributed by atoms with van der Waals surface area (Å²) in [5.41, 5.74) is 1.22. The first-order chi connectivity index (χ1) is 8.95. The van der Waals surface area contributed by atoms with Gasteiger partial charge in [0, 0.05) is 12.6 Å². The largest absolute Gasteiger partial charge is 0.379 e. The van der Waals surface area contributed by atoms with E-state index in [0.717, 1.165) is 13.0 Å². The topological polar surface area (TPSA) is 30.5 Å². The molecule has 0 spiro atoms. The third kappa shape index (κ3) is 5.17. The number of rotatable bonds is 8. The van der Waals surface area contributed by atoms with E-state index in [4.69, 9.17) is 9.47 Å². The summed E-state index contributed by atoms with van der Waals surface area (Å²) >= 11 is 0. The number of nitrogens with one attached hydrogen (secondary N) is 1. The molecule has 0 radical (unpaired) electrons. The summed E-state index contributed by atoms with van der Waals surface area (Å²) in [6.07, 6.45) is 3.73. The van der Waals surface area contributed by atoms with Crippen LogP contribution < -0.4 is 5.32 Å². The van der Waals surface area contributed by atoms with E-state index in [1.165, 1.54) is 24.9 Å². The maximum atomic E-state index is 5.57. The van der Waals surface area contributed by atoms with Gasteiger partial charge in [-0.25, -0.2) is 0 Å². The van der Waals surface area contributed by atoms with E-state index >= 15 is 0 Å². The highest BCUT2D eigenvalue weighted by Gasteiger charge is 2.12. The Kier molecular flexibility index (Phi) is 6.20. The van der Waals surface area contributed by atoms with Gasteiger partial charge in [-0.2, -0.15) is 0 Å². The summed E-state index contributed by atoms with van der Waals surface area (Å²) in [7, 11) is 0. The molecular weight excluding hydrogens is 226 g/mol. The van der Waals surface area contributed by atoms with Crippen molar-refractivity contribution < 1.29 is 9.47 Å². The molecule has 0 saturated carbocycles. The Hall–Kier alpha value is -0.900. The van der Waals surface area contributed by atoms with Crippen molar-refractivity contribution in [2.24, 2.45) is 0 Å². The Bertz CT molecular complexity index is 310. The van der Waals surface area contributed by atoms with Gasteiger partial charge in [0.1, 0.15) is 0 Å². The van der Waals surface area contributed by atoms with Gasteiger partial charge in [-0.15, -0.1) is 0 Å². The van der Waals surface area contributed by atoms with E-state index < -0.39 is 0 Å². The number of ether oxygens (including phenoxy) is 2. The van der Waals surface area contributed by atoms with Crippen molar-refractivity contribution in [3.05, 3.63) is 35.9 Å². The fourth-order valence-corrected chi connectivity index (χ4v) is 2.21. The van der Waals surface area contributed by atoms with E-state index in [-0.39, 0.29) is 0 Å². The van der Waals surface area contributed by atoms with Crippen LogP contribution in [0.4, 0.5) is 0 Å². The lowest BCUT2D eigenvalue weighted by Crippen LogP contribution is -2.23. The van der Waals surface area contributed by atoms with Crippen molar-refractivity contribution in [2.75, 3.05) is 26.4 Å². The van der Waals surface area contributed by atoms with Crippen LogP contribution in [0.5, 0.6) is 0 Å². The molecular formula is C15H23NO2. The van der Waals surface area contributed by atoms with Gasteiger partial charge in [-0.1, -0.05) is 30.3 Å². The van der Waals surface area contributed by atoms with Crippen LogP contribution in [0.2, 0.25) is 0 Å². The first-order valence-corrected chi connectivity index (χ1v) is 6.88. The lowest BCUT2D eigenvalue weighted by atomic mass is 10.2. The van der Waals surface area contributed by atoms with Crippen LogP contribution in [0.25, 0.3) is 0 Å². The molecule has 2 rings (SSSR count). The zero-order valence-corrected chi connectivity index (χ0v) is 10.9. The minimum Gasteiger partial charge on any atom is -0.379 e. The molecule has 100 valence electrons. The third-order valence-electron chi connectivity index (χ3n) is 3.26. The SMILES string of the molecule is c1ccc(COCCOCCC2CCCN2)cc1. The molecule has 1 saturated heterocycles. The Balaban J connectivity index is 1.42. The zero-order valence-electron chi connectivity index (χ0n) is 10.9. The maximum Gasteiger partial charge on any atom is 0.0718 e. The molecule has 1 aromatic carbocycles. The van der Waals surface area contributed by atoms with Crippen LogP contribution in [0, 0.1) is 0 Å². The second kappa shape index (κ2) is 8.25. The molecule has 1 atom stereocenters. The standard InChI is InChI=1S/C15H23NO2/c1-2-5-14(6-3-1)13-18-12-11-17-10-8-15-7-4-9-16-15/h1-3,5-6,15-16H,4,7-13H2. The summed E-state index contributed by atoms with van der Waals surface area (Å²) in [6.45, 7) is 4.05. The predicted octanol–water partition coefficient (Wildman–Crippen LogP) is 2.36. The highest BCUT2D eigenvalue weighted by Crippen LogP contribution is 2.08. The third-order valence-corrected chi connectivity index (χ3v) is 3.26. The van der Waals surface area contributed by atoms with E-state index in [2.05, 4.69) is 17.4 Å². The van der Waals surface area contributed by atoms with Crippen LogP contribution in [-0.4, -0.2) is 32.4 Å². The molecule has 3 heteroatoms. The van der Waals surface area contributed by atoms with Gasteiger partial charge in [0.15, 0.2) is 0 Å². The second-order valence-corrected chi connectivity index (χ2v) is 4.73. The molecule has 1 fully saturated rings. The lowest BCUT2D eigenvalue weighted by molar-refractivity contribution is 0.0380. The summed E-state index contributed by atoms with van der Waals surface area (Å²) in [5, 5.41) is 3.47. The van der Waals surface area contributed by atoms with Crippen molar-refractivity contribution in [1.29, 1.82) is 0 Å². The number of hydrogen-bond donors (Lipinski definition) is 1. The van der Waals surface area contributed by atoms with E-state index in [1.54, 1.807) is 0 Å². The smallest absolute Gasteiger partial charge is 0.0718 e. The fraction of sp³-hybridized carbons (Fsp3) is 0.600. The highest BCUT2D eigenvalue weighted by atomic mass is 16.5. The molecule has 18 heavy (non-hydrogen) atoms. The Morgan fingerprint density at radius 2 is 1.89 bits per heavy atom. The van der Waals surface area contributed by atoms with Gasteiger partial charge in [0.2, 0.25) is 0 Å². The molecule has 0 aliphatic carbocycles. The van der Waals surface area contributed by atoms with E-state index in [1.807, 2.05) is 18.2 Å². The molecule has 0 bridgehead atoms. The summed E-state index contributed by atoms with van der Waals surface area (Å²) in [6, 6.07) is 10.9. The molecule has 3 nitrogen and oxygen atoms in total. The first-order valence-electron chi connectivity index (χ1n) is 6.88. The van der Waals surface area contributed by atoms with Crippen molar-refractivity contribution in [1.82, 2.24) is 5.32 Å². The minimum atomic E-state index is 0.674. The van der Waals surface area contributed by atoms with Gasteiger partial charge < -0.3 is 14.8 Å². The van der Waals surface area contributed by atoms with Crippen molar-refractivity contribution in [3.63, 3.8) is 0 Å². The molecule has 1 aliphatic rings. The van der Waals surface area contributed by atoms with Gasteiger partial charge in [-0.3, -0.25) is 0 Å². The molecule has 1 aliphatic heterocycles. The predicted molar refractivity (Wildman–Crippen MR) is 72.6 cm³/mol. The van der Waals surface area contributed by atoms with Crippen LogP contribution in [0.15, 0.2) is 30.3 Å². The normalized spacial score (nSPS) is 19.2. The molecule has 1 aromatic rings. The van der Waals surface area contributed by atoms with Crippen LogP contribution >= 0.6 is 0 Å². The molecule has 0 amide bonds. The van der Waals surface area contributed by atoms with Crippen LogP contribution in [0.3, 0.4) is 0 Å². The van der Waals surface area contributed by atoms with Gasteiger partial charge in [0.25, 0.3) is 0 Å². The van der Waals surface area contributed by atoms with Crippen LogP contribution in [-0.2, 0) is 16.1 Å². The Labute approximate surface area is 109 Å². The van der Waals surface area contributed by atoms with Crippen molar-refractivity contribution in [3.8, 4) is 0 Å². The van der Waals surface area contributed by atoms with Gasteiger partial charge in [-0.05, 0) is 31.4 Å². The zero-order chi connectivity index (χ0) is 12.5. The summed E-state index contributed by atoms with van der Waals surface area (Å²) in [5.74, 6) is 0. The van der Waals surface area contributed by atoms with E-state index in [0.29, 0.717) is 25.9 Å². The summed E-state index contributed by atoms with van der Waals surface area (Å²) in [4.78, 5) is 0. The molecule has 0 aromatic heterocycles. The number of hydrogen-bond acceptors (Lipinski definition) is 3. The van der Waals surface area contributed by atoms with E-state index in [9.17, 15) is 0 Å². The quantitative estimate of drug-likeness (QED) is 0.717. The number of benzene rings is 1. The Morgan fingerprint density at radius 3 is 2.67 bits per heavy atom. The van der Waals surface area contributed by atoms with Gasteiger partial charge >= 0.3 is 0 Å². The van der Waals surface area contributed by atoms with Crippen LogP contribution in [0.1, 0.15) is 24.8 Å². The maximum absolute atomic E-state index is 5.57. The fourth-order valence-electron chi connectivity index (χ4n) is 2.21. The first kappa shape index (κ1) is 13.5. The minimum absolute atomic E-state index is 0.674. The monoisotopic (exact) mass is 249 g/mol. The van der Waals surface area contributed by atoms with Crippen molar-refractivity contribution in [2.45, 2.75) is 31.9 Å². The average Bonchev–Trinajstić information content (AvgIpc) is 2.92. The van der Waals surface area contributed by atoms with Crippen molar-refractivity contribution >= 4 is 0 Å². The molecule has 1 unspecified atom stereocenters. The summed E-state index contributed by atoms with van der Waals surface area (Å²) < 4.78 is 11.1. The Morgan fingerprint density at radius 1 is 1.06 bits per heavy atom. The molecule has 1 heterocycles.